The van der Waals surface area contributed by atoms with Gasteiger partial charge in [-0.05, 0) is 35.4 Å². The Labute approximate surface area is 135 Å². The second kappa shape index (κ2) is 7.71. The lowest BCUT2D eigenvalue weighted by Gasteiger charge is -2.08. The summed E-state index contributed by atoms with van der Waals surface area (Å²) in [6.45, 7) is 0.423. The lowest BCUT2D eigenvalue weighted by molar-refractivity contribution is -0.120. The number of benzene rings is 2. The first-order valence-corrected chi connectivity index (χ1v) is 7.22. The average Bonchev–Trinajstić information content (AvgIpc) is 2.53. The van der Waals surface area contributed by atoms with E-state index < -0.39 is 0 Å². The van der Waals surface area contributed by atoms with E-state index in [0.29, 0.717) is 23.7 Å². The smallest absolute Gasteiger partial charge is 0.224 e. The van der Waals surface area contributed by atoms with Crippen molar-refractivity contribution in [2.24, 2.45) is 0 Å². The van der Waals surface area contributed by atoms with E-state index in [2.05, 4.69) is 5.32 Å². The van der Waals surface area contributed by atoms with E-state index in [1.165, 1.54) is 0 Å². The molecule has 0 aromatic heterocycles. The van der Waals surface area contributed by atoms with Crippen LogP contribution in [-0.4, -0.2) is 20.1 Å². The minimum atomic E-state index is -0.0554. The molecule has 1 amide bonds. The van der Waals surface area contributed by atoms with Crippen LogP contribution in [0, 0.1) is 0 Å². The summed E-state index contributed by atoms with van der Waals surface area (Å²) in [6.07, 6.45) is 0.307. The van der Waals surface area contributed by atoms with Gasteiger partial charge in [-0.25, -0.2) is 0 Å². The molecule has 0 aliphatic heterocycles. The fourth-order valence-electron chi connectivity index (χ4n) is 2.05. The highest BCUT2D eigenvalue weighted by atomic mass is 35.5. The van der Waals surface area contributed by atoms with Crippen molar-refractivity contribution in [3.8, 4) is 11.5 Å². The Morgan fingerprint density at radius 1 is 1.09 bits per heavy atom. The molecule has 0 fully saturated rings. The summed E-state index contributed by atoms with van der Waals surface area (Å²) < 4.78 is 10.2. The first kappa shape index (κ1) is 16.2. The lowest BCUT2D eigenvalue weighted by atomic mass is 10.1. The SMILES string of the molecule is COc1cccc(CC(=O)NCc2ccc(OC)c(Cl)c2)c1. The second-order valence-corrected chi connectivity index (χ2v) is 5.18. The molecule has 0 saturated heterocycles. The zero-order chi connectivity index (χ0) is 15.9. The molecule has 4 nitrogen and oxygen atoms in total. The zero-order valence-corrected chi connectivity index (χ0v) is 13.3. The van der Waals surface area contributed by atoms with Crippen LogP contribution in [0.5, 0.6) is 11.5 Å². The van der Waals surface area contributed by atoms with Crippen molar-refractivity contribution in [3.05, 3.63) is 58.6 Å². The third kappa shape index (κ3) is 4.40. The van der Waals surface area contributed by atoms with Crippen LogP contribution in [0.15, 0.2) is 42.5 Å². The van der Waals surface area contributed by atoms with Gasteiger partial charge in [0, 0.05) is 6.54 Å². The highest BCUT2D eigenvalue weighted by Gasteiger charge is 2.06. The quantitative estimate of drug-likeness (QED) is 0.889. The minimum Gasteiger partial charge on any atom is -0.497 e. The van der Waals surface area contributed by atoms with Gasteiger partial charge in [0.2, 0.25) is 5.91 Å². The highest BCUT2D eigenvalue weighted by molar-refractivity contribution is 6.32. The summed E-state index contributed by atoms with van der Waals surface area (Å²) in [5.41, 5.74) is 1.83. The molecule has 0 heterocycles. The summed E-state index contributed by atoms with van der Waals surface area (Å²) in [6, 6.07) is 12.9. The molecule has 116 valence electrons. The zero-order valence-electron chi connectivity index (χ0n) is 12.6. The number of carbonyl (C=O) groups excluding carboxylic acids is 1. The number of ether oxygens (including phenoxy) is 2. The highest BCUT2D eigenvalue weighted by Crippen LogP contribution is 2.24. The molecular weight excluding hydrogens is 302 g/mol. The van der Waals surface area contributed by atoms with Crippen molar-refractivity contribution in [2.45, 2.75) is 13.0 Å². The number of hydrogen-bond acceptors (Lipinski definition) is 3. The normalized spacial score (nSPS) is 10.1. The van der Waals surface area contributed by atoms with Crippen LogP contribution in [0.4, 0.5) is 0 Å². The van der Waals surface area contributed by atoms with Crippen molar-refractivity contribution in [3.63, 3.8) is 0 Å². The molecular formula is C17H18ClNO3. The van der Waals surface area contributed by atoms with Crippen molar-refractivity contribution >= 4 is 17.5 Å². The third-order valence-corrected chi connectivity index (χ3v) is 3.50. The van der Waals surface area contributed by atoms with Gasteiger partial charge >= 0.3 is 0 Å². The lowest BCUT2D eigenvalue weighted by Crippen LogP contribution is -2.24. The topological polar surface area (TPSA) is 47.6 Å². The molecule has 0 unspecified atom stereocenters. The van der Waals surface area contributed by atoms with Gasteiger partial charge in [0.25, 0.3) is 0 Å². The maximum Gasteiger partial charge on any atom is 0.224 e. The van der Waals surface area contributed by atoms with Gasteiger partial charge in [0.15, 0.2) is 0 Å². The molecule has 5 heteroatoms. The first-order valence-electron chi connectivity index (χ1n) is 6.84. The molecule has 0 aliphatic rings. The van der Waals surface area contributed by atoms with Gasteiger partial charge in [-0.1, -0.05) is 29.8 Å². The van der Waals surface area contributed by atoms with Gasteiger partial charge < -0.3 is 14.8 Å². The maximum absolute atomic E-state index is 12.0. The molecule has 1 N–H and O–H groups in total. The number of nitrogens with one attached hydrogen (secondary N) is 1. The fourth-order valence-corrected chi connectivity index (χ4v) is 2.33. The van der Waals surface area contributed by atoms with Crippen molar-refractivity contribution in [1.82, 2.24) is 5.32 Å². The summed E-state index contributed by atoms with van der Waals surface area (Å²) in [7, 11) is 3.17. The van der Waals surface area contributed by atoms with Crippen LogP contribution in [0.2, 0.25) is 5.02 Å². The molecule has 0 bridgehead atoms. The molecule has 22 heavy (non-hydrogen) atoms. The fraction of sp³-hybridized carbons (Fsp3) is 0.235. The van der Waals surface area contributed by atoms with Crippen LogP contribution in [0.25, 0.3) is 0 Å². The van der Waals surface area contributed by atoms with Crippen LogP contribution < -0.4 is 14.8 Å². The van der Waals surface area contributed by atoms with Crippen molar-refractivity contribution in [2.75, 3.05) is 14.2 Å². The van der Waals surface area contributed by atoms with Crippen LogP contribution in [0.3, 0.4) is 0 Å². The predicted molar refractivity (Wildman–Crippen MR) is 86.5 cm³/mol. The summed E-state index contributed by atoms with van der Waals surface area (Å²) in [5.74, 6) is 1.31. The van der Waals surface area contributed by atoms with E-state index in [4.69, 9.17) is 21.1 Å². The summed E-state index contributed by atoms with van der Waals surface area (Å²) in [4.78, 5) is 12.0. The van der Waals surface area contributed by atoms with Crippen LogP contribution >= 0.6 is 11.6 Å². The number of halogens is 1. The van der Waals surface area contributed by atoms with E-state index in [-0.39, 0.29) is 5.91 Å². The van der Waals surface area contributed by atoms with Gasteiger partial charge in [-0.2, -0.15) is 0 Å². The van der Waals surface area contributed by atoms with E-state index >= 15 is 0 Å². The molecule has 0 radical (unpaired) electrons. The van der Waals surface area contributed by atoms with Crippen LogP contribution in [-0.2, 0) is 17.8 Å². The van der Waals surface area contributed by atoms with Gasteiger partial charge in [-0.15, -0.1) is 0 Å². The number of methoxy groups -OCH3 is 2. The Morgan fingerprint density at radius 2 is 1.91 bits per heavy atom. The van der Waals surface area contributed by atoms with E-state index in [9.17, 15) is 4.79 Å². The number of amides is 1. The number of carbonyl (C=O) groups is 1. The maximum atomic E-state index is 12.0. The molecule has 2 aromatic carbocycles. The number of rotatable bonds is 6. The first-order chi connectivity index (χ1) is 10.6. The summed E-state index contributed by atoms with van der Waals surface area (Å²) in [5, 5.41) is 3.40. The monoisotopic (exact) mass is 319 g/mol. The van der Waals surface area contributed by atoms with Crippen LogP contribution in [0.1, 0.15) is 11.1 Å². The largest absolute Gasteiger partial charge is 0.497 e. The molecule has 2 aromatic rings. The summed E-state index contributed by atoms with van der Waals surface area (Å²) >= 11 is 6.06. The second-order valence-electron chi connectivity index (χ2n) is 4.77. The molecule has 0 atom stereocenters. The predicted octanol–water partition coefficient (Wildman–Crippen LogP) is 3.22. The minimum absolute atomic E-state index is 0.0554. The molecule has 2 rings (SSSR count). The molecule has 0 saturated carbocycles. The van der Waals surface area contributed by atoms with E-state index in [1.807, 2.05) is 30.3 Å². The van der Waals surface area contributed by atoms with Gasteiger partial charge in [0.1, 0.15) is 11.5 Å². The van der Waals surface area contributed by atoms with E-state index in [1.54, 1.807) is 26.4 Å². The standard InChI is InChI=1S/C17H18ClNO3/c1-21-14-5-3-4-12(8-14)10-17(20)19-11-13-6-7-16(22-2)15(18)9-13/h3-9H,10-11H2,1-2H3,(H,19,20). The number of hydrogen-bond donors (Lipinski definition) is 1. The van der Waals surface area contributed by atoms with Crippen molar-refractivity contribution < 1.29 is 14.3 Å². The Hall–Kier alpha value is -2.20. The van der Waals surface area contributed by atoms with E-state index in [0.717, 1.165) is 16.9 Å². The molecule has 0 spiro atoms. The van der Waals surface area contributed by atoms with Gasteiger partial charge in [-0.3, -0.25) is 4.79 Å². The van der Waals surface area contributed by atoms with Gasteiger partial charge in [0.05, 0.1) is 25.7 Å². The Morgan fingerprint density at radius 3 is 2.59 bits per heavy atom. The Bertz CT molecular complexity index is 658. The Kier molecular flexibility index (Phi) is 5.67. The third-order valence-electron chi connectivity index (χ3n) is 3.20. The Balaban J connectivity index is 1.91. The average molecular weight is 320 g/mol. The molecule has 0 aliphatic carbocycles. The van der Waals surface area contributed by atoms with Crippen molar-refractivity contribution in [1.29, 1.82) is 0 Å².